The Hall–Kier alpha value is -2.96. The molecule has 0 aliphatic carbocycles. The van der Waals surface area contributed by atoms with Crippen LogP contribution in [0.2, 0.25) is 0 Å². The van der Waals surface area contributed by atoms with Gasteiger partial charge in [-0.2, -0.15) is 0 Å². The Morgan fingerprint density at radius 3 is 1.42 bits per heavy atom. The smallest absolute Gasteiger partial charge is 0.306 e. The number of nitrogens with one attached hydrogen (secondary N) is 1. The van der Waals surface area contributed by atoms with Crippen LogP contribution in [-0.4, -0.2) is 46.9 Å². The lowest BCUT2D eigenvalue weighted by molar-refractivity contribution is -0.151. The molecule has 0 bridgehead atoms. The van der Waals surface area contributed by atoms with Crippen molar-refractivity contribution < 1.29 is 24.5 Å². The van der Waals surface area contributed by atoms with Crippen molar-refractivity contribution in [2.24, 2.45) is 0 Å². The Bertz CT molecular complexity index is 1160. The number of unbranched alkanes of at least 4 members (excludes halogenated alkanes) is 22. The molecular formula is C54H93NO5. The Kier molecular flexibility index (Phi) is 44.8. The van der Waals surface area contributed by atoms with E-state index in [1.807, 2.05) is 48.6 Å². The number of aliphatic hydroxyl groups is 2. The van der Waals surface area contributed by atoms with E-state index < -0.39 is 18.2 Å². The lowest BCUT2D eigenvalue weighted by atomic mass is 10.0. The molecule has 0 heterocycles. The highest BCUT2D eigenvalue weighted by Gasteiger charge is 2.24. The molecule has 0 aliphatic rings. The van der Waals surface area contributed by atoms with Gasteiger partial charge in [0.1, 0.15) is 6.10 Å². The minimum absolute atomic E-state index is 0.0183. The Morgan fingerprint density at radius 1 is 0.500 bits per heavy atom. The van der Waals surface area contributed by atoms with E-state index in [0.717, 1.165) is 77.0 Å². The summed E-state index contributed by atoms with van der Waals surface area (Å²) in [6.07, 6.45) is 60.8. The largest absolute Gasteiger partial charge is 0.462 e. The van der Waals surface area contributed by atoms with Crippen LogP contribution in [0.25, 0.3) is 0 Å². The summed E-state index contributed by atoms with van der Waals surface area (Å²) in [5.41, 5.74) is 0. The minimum atomic E-state index is -0.812. The lowest BCUT2D eigenvalue weighted by Crippen LogP contribution is -2.46. The van der Waals surface area contributed by atoms with E-state index in [0.29, 0.717) is 19.3 Å². The van der Waals surface area contributed by atoms with Crippen molar-refractivity contribution in [2.75, 3.05) is 6.61 Å². The van der Waals surface area contributed by atoms with E-state index in [2.05, 4.69) is 62.5 Å². The van der Waals surface area contributed by atoms with Crippen LogP contribution in [0.3, 0.4) is 0 Å². The van der Waals surface area contributed by atoms with Gasteiger partial charge in [0.15, 0.2) is 0 Å². The second-order valence-corrected chi connectivity index (χ2v) is 16.6. The molecule has 0 saturated heterocycles. The Labute approximate surface area is 370 Å². The van der Waals surface area contributed by atoms with Gasteiger partial charge in [-0.25, -0.2) is 0 Å². The fourth-order valence-electron chi connectivity index (χ4n) is 7.09. The van der Waals surface area contributed by atoms with E-state index in [1.54, 1.807) is 0 Å². The number of rotatable bonds is 43. The third kappa shape index (κ3) is 41.8. The van der Waals surface area contributed by atoms with E-state index in [-0.39, 0.29) is 24.9 Å². The van der Waals surface area contributed by atoms with Gasteiger partial charge in [-0.15, -0.1) is 0 Å². The maximum absolute atomic E-state index is 13.1. The topological polar surface area (TPSA) is 95.9 Å². The number of carbonyl (C=O) groups excluding carboxylic acids is 2. The molecule has 6 heteroatoms. The van der Waals surface area contributed by atoms with Gasteiger partial charge in [0, 0.05) is 6.42 Å². The maximum atomic E-state index is 13.1. The molecule has 0 spiro atoms. The fraction of sp³-hybridized carbons (Fsp3) is 0.704. The number of hydrogen-bond acceptors (Lipinski definition) is 5. The van der Waals surface area contributed by atoms with Crippen LogP contribution in [0.5, 0.6) is 0 Å². The monoisotopic (exact) mass is 836 g/mol. The van der Waals surface area contributed by atoms with Crippen LogP contribution in [0.4, 0.5) is 0 Å². The van der Waals surface area contributed by atoms with Gasteiger partial charge in [0.05, 0.1) is 25.2 Å². The van der Waals surface area contributed by atoms with Crippen molar-refractivity contribution in [2.45, 2.75) is 238 Å². The molecule has 0 radical (unpaired) electrons. The van der Waals surface area contributed by atoms with Gasteiger partial charge in [-0.3, -0.25) is 9.59 Å². The molecule has 0 aromatic carbocycles. The van der Waals surface area contributed by atoms with Crippen molar-refractivity contribution in [1.82, 2.24) is 5.32 Å². The molecule has 0 aromatic rings. The standard InChI is InChI=1S/C54H93NO5/c1-4-7-10-13-16-19-22-24-25-26-27-28-30-32-35-38-41-44-47-54(59)60-50(45-42-39-36-33-31-29-23-20-17-14-11-8-5-2)48-53(58)55-51(49-56)52(57)46-43-40-37-34-21-18-15-12-9-6-3/h8,11,14,17,20,23,25-29,31,33,36,50-52,56-57H,4-7,9-10,12-13,15-16,18-19,21-22,24,30,32,34-35,37-49H2,1-3H3,(H,55,58)/b11-8+,17-14+,23-20-,26-25+,28-27+,31-29-,36-33+. The number of hydrogen-bond donors (Lipinski definition) is 3. The van der Waals surface area contributed by atoms with Gasteiger partial charge in [-0.05, 0) is 64.2 Å². The number of esters is 1. The summed E-state index contributed by atoms with van der Waals surface area (Å²) in [6, 6.07) is -0.730. The highest BCUT2D eigenvalue weighted by Crippen LogP contribution is 2.16. The molecule has 3 atom stereocenters. The molecule has 344 valence electrons. The third-order valence-electron chi connectivity index (χ3n) is 10.9. The molecule has 3 N–H and O–H groups in total. The average Bonchev–Trinajstić information content (AvgIpc) is 3.24. The number of allylic oxidation sites excluding steroid dienone is 14. The second kappa shape index (κ2) is 47.1. The third-order valence-corrected chi connectivity index (χ3v) is 10.9. The summed E-state index contributed by atoms with van der Waals surface area (Å²) in [4.78, 5) is 26.1. The van der Waals surface area contributed by atoms with Gasteiger partial charge in [-0.1, -0.05) is 228 Å². The van der Waals surface area contributed by atoms with Crippen molar-refractivity contribution in [1.29, 1.82) is 0 Å². The van der Waals surface area contributed by atoms with E-state index in [1.165, 1.54) is 96.3 Å². The zero-order valence-corrected chi connectivity index (χ0v) is 39.1. The van der Waals surface area contributed by atoms with Crippen molar-refractivity contribution in [3.05, 3.63) is 85.1 Å². The summed E-state index contributed by atoms with van der Waals surface area (Å²) in [5.74, 6) is -0.570. The first-order valence-corrected chi connectivity index (χ1v) is 24.9. The molecule has 6 nitrogen and oxygen atoms in total. The number of aliphatic hydroxyl groups excluding tert-OH is 2. The first kappa shape index (κ1) is 57.0. The molecule has 0 fully saturated rings. The number of ether oxygens (including phenoxy) is 1. The summed E-state index contributed by atoms with van der Waals surface area (Å²) in [5, 5.41) is 23.6. The average molecular weight is 836 g/mol. The zero-order chi connectivity index (χ0) is 43.8. The van der Waals surface area contributed by atoms with Crippen LogP contribution in [0, 0.1) is 0 Å². The van der Waals surface area contributed by atoms with Crippen LogP contribution < -0.4 is 5.32 Å². The fourth-order valence-corrected chi connectivity index (χ4v) is 7.09. The first-order chi connectivity index (χ1) is 29.5. The predicted octanol–water partition coefficient (Wildman–Crippen LogP) is 14.8. The molecule has 0 rings (SSSR count). The van der Waals surface area contributed by atoms with Gasteiger partial charge in [0.25, 0.3) is 0 Å². The molecule has 0 saturated carbocycles. The highest BCUT2D eigenvalue weighted by molar-refractivity contribution is 5.77. The Balaban J connectivity index is 4.70. The first-order valence-electron chi connectivity index (χ1n) is 24.9. The van der Waals surface area contributed by atoms with Gasteiger partial charge in [0.2, 0.25) is 5.91 Å². The van der Waals surface area contributed by atoms with Crippen LogP contribution >= 0.6 is 0 Å². The quantitative estimate of drug-likeness (QED) is 0.0323. The predicted molar refractivity (Wildman–Crippen MR) is 259 cm³/mol. The summed E-state index contributed by atoms with van der Waals surface area (Å²) in [7, 11) is 0. The highest BCUT2D eigenvalue weighted by atomic mass is 16.5. The SMILES string of the molecule is CC/C=C/C=C/C=C\C=C/C=C/CCCC(CC(=O)NC(CO)C(O)CCCCCCCCCCCC)OC(=O)CCCCCCC/C=C/C=C/CCCCCCCCC. The molecule has 60 heavy (non-hydrogen) atoms. The minimum Gasteiger partial charge on any atom is -0.462 e. The number of amides is 1. The van der Waals surface area contributed by atoms with E-state index in [9.17, 15) is 19.8 Å². The molecule has 0 aromatic heterocycles. The van der Waals surface area contributed by atoms with Crippen LogP contribution in [0.15, 0.2) is 85.1 Å². The zero-order valence-electron chi connectivity index (χ0n) is 39.1. The molecule has 0 aliphatic heterocycles. The van der Waals surface area contributed by atoms with Crippen LogP contribution in [-0.2, 0) is 14.3 Å². The van der Waals surface area contributed by atoms with Crippen molar-refractivity contribution in [3.8, 4) is 0 Å². The maximum Gasteiger partial charge on any atom is 0.306 e. The van der Waals surface area contributed by atoms with Gasteiger partial charge >= 0.3 is 5.97 Å². The van der Waals surface area contributed by atoms with E-state index in [4.69, 9.17) is 4.74 Å². The summed E-state index contributed by atoms with van der Waals surface area (Å²) < 4.78 is 5.88. The lowest BCUT2D eigenvalue weighted by Gasteiger charge is -2.24. The molecule has 3 unspecified atom stereocenters. The van der Waals surface area contributed by atoms with E-state index >= 15 is 0 Å². The molecule has 1 amide bonds. The second-order valence-electron chi connectivity index (χ2n) is 16.6. The number of carbonyl (C=O) groups is 2. The van der Waals surface area contributed by atoms with Gasteiger partial charge < -0.3 is 20.3 Å². The summed E-state index contributed by atoms with van der Waals surface area (Å²) in [6.45, 7) is 6.29. The van der Waals surface area contributed by atoms with Crippen LogP contribution in [0.1, 0.15) is 220 Å². The Morgan fingerprint density at radius 2 is 0.917 bits per heavy atom. The molecular weight excluding hydrogens is 743 g/mol. The van der Waals surface area contributed by atoms with Crippen molar-refractivity contribution in [3.63, 3.8) is 0 Å². The van der Waals surface area contributed by atoms with Crippen molar-refractivity contribution >= 4 is 11.9 Å². The normalized spacial score (nSPS) is 14.0. The summed E-state index contributed by atoms with van der Waals surface area (Å²) >= 11 is 0.